The van der Waals surface area contributed by atoms with Gasteiger partial charge in [-0.2, -0.15) is 5.10 Å². The van der Waals surface area contributed by atoms with Gasteiger partial charge < -0.3 is 5.21 Å². The largest absolute Gasteiger partial charge is 0.411 e. The molecule has 0 atom stereocenters. The van der Waals surface area contributed by atoms with Crippen molar-refractivity contribution in [3.8, 4) is 0 Å². The second kappa shape index (κ2) is 4.49. The molecule has 0 aromatic heterocycles. The highest BCUT2D eigenvalue weighted by Crippen LogP contribution is 1.79. The third-order valence-electron chi connectivity index (χ3n) is 0.959. The van der Waals surface area contributed by atoms with Gasteiger partial charge in [0.05, 0.1) is 11.4 Å². The number of oxime groups is 1. The first-order valence-corrected chi connectivity index (χ1v) is 2.65. The predicted molar refractivity (Wildman–Crippen MR) is 37.2 cm³/mol. The highest BCUT2D eigenvalue weighted by molar-refractivity contribution is 6.40. The van der Waals surface area contributed by atoms with Crippen LogP contribution in [0.1, 0.15) is 13.8 Å². The minimum Gasteiger partial charge on any atom is -0.411 e. The zero-order valence-electron chi connectivity index (χ0n) is 5.83. The second-order valence-electron chi connectivity index (χ2n) is 1.63. The Morgan fingerprint density at radius 1 is 1.50 bits per heavy atom. The van der Waals surface area contributed by atoms with Crippen LogP contribution in [0.5, 0.6) is 0 Å². The Labute approximate surface area is 58.4 Å². The van der Waals surface area contributed by atoms with Crippen molar-refractivity contribution in [2.45, 2.75) is 13.8 Å². The number of nitrogens with zero attached hydrogens (tertiary/aromatic N) is 2. The van der Waals surface area contributed by atoms with E-state index in [2.05, 4.69) is 15.7 Å². The molecule has 0 aromatic rings. The minimum atomic E-state index is 0.370. The zero-order chi connectivity index (χ0) is 7.98. The van der Waals surface area contributed by atoms with Crippen molar-refractivity contribution in [1.82, 2.24) is 5.43 Å². The van der Waals surface area contributed by atoms with Crippen LogP contribution in [-0.2, 0) is 4.79 Å². The smallest absolute Gasteiger partial charge is 0.227 e. The van der Waals surface area contributed by atoms with Crippen molar-refractivity contribution in [3.63, 3.8) is 0 Å². The lowest BCUT2D eigenvalue weighted by Crippen LogP contribution is -2.12. The molecule has 0 spiro atoms. The molecular weight excluding hydrogens is 134 g/mol. The lowest BCUT2D eigenvalue weighted by Gasteiger charge is -1.93. The van der Waals surface area contributed by atoms with Gasteiger partial charge in [-0.1, -0.05) is 5.16 Å². The number of hydrogen-bond donors (Lipinski definition) is 2. The van der Waals surface area contributed by atoms with Gasteiger partial charge in [0.15, 0.2) is 0 Å². The molecule has 0 radical (unpaired) electrons. The van der Waals surface area contributed by atoms with E-state index in [9.17, 15) is 4.79 Å². The van der Waals surface area contributed by atoms with Crippen LogP contribution in [0.25, 0.3) is 0 Å². The molecule has 56 valence electrons. The number of nitrogens with one attached hydrogen (secondary N) is 1. The van der Waals surface area contributed by atoms with Crippen molar-refractivity contribution in [1.29, 1.82) is 0 Å². The van der Waals surface area contributed by atoms with Crippen LogP contribution in [0.2, 0.25) is 0 Å². The third kappa shape index (κ3) is 2.81. The average Bonchev–Trinajstić information content (AvgIpc) is 1.98. The van der Waals surface area contributed by atoms with Crippen LogP contribution in [0.4, 0.5) is 0 Å². The molecule has 0 aromatic carbocycles. The van der Waals surface area contributed by atoms with E-state index in [1.807, 2.05) is 0 Å². The fraction of sp³-hybridized carbons (Fsp3) is 0.400. The number of carbonyl (C=O) groups is 1. The van der Waals surface area contributed by atoms with E-state index in [1.54, 1.807) is 13.8 Å². The van der Waals surface area contributed by atoms with Gasteiger partial charge in [0, 0.05) is 0 Å². The van der Waals surface area contributed by atoms with Crippen LogP contribution >= 0.6 is 0 Å². The topological polar surface area (TPSA) is 74.0 Å². The fourth-order valence-electron chi connectivity index (χ4n) is 0.276. The molecule has 0 unspecified atom stereocenters. The molecule has 2 N–H and O–H groups in total. The number of carbonyl (C=O) groups excluding carboxylic acids is 1. The molecule has 0 saturated heterocycles. The summed E-state index contributed by atoms with van der Waals surface area (Å²) in [6.45, 7) is 3.19. The number of amides is 1. The van der Waals surface area contributed by atoms with Crippen LogP contribution in [0.3, 0.4) is 0 Å². The Morgan fingerprint density at radius 3 is 2.50 bits per heavy atom. The van der Waals surface area contributed by atoms with E-state index in [0.717, 1.165) is 0 Å². The van der Waals surface area contributed by atoms with Crippen LogP contribution < -0.4 is 5.43 Å². The normalized spacial score (nSPS) is 13.0. The molecule has 10 heavy (non-hydrogen) atoms. The van der Waals surface area contributed by atoms with Crippen LogP contribution in [0.15, 0.2) is 10.3 Å². The maximum atomic E-state index is 9.70. The van der Waals surface area contributed by atoms with Gasteiger partial charge in [-0.25, -0.2) is 5.43 Å². The van der Waals surface area contributed by atoms with Crippen molar-refractivity contribution in [2.75, 3.05) is 0 Å². The highest BCUT2D eigenvalue weighted by Gasteiger charge is 1.94. The molecular formula is C5H9N3O2. The third-order valence-corrected chi connectivity index (χ3v) is 0.959. The summed E-state index contributed by atoms with van der Waals surface area (Å²) in [4.78, 5) is 9.70. The van der Waals surface area contributed by atoms with E-state index in [0.29, 0.717) is 17.8 Å². The number of rotatable bonds is 3. The predicted octanol–water partition coefficient (Wildman–Crippen LogP) is -0.0416. The second-order valence-corrected chi connectivity index (χ2v) is 1.63. The summed E-state index contributed by atoms with van der Waals surface area (Å²) in [5, 5.41) is 14.6. The van der Waals surface area contributed by atoms with Gasteiger partial charge in [-0.15, -0.1) is 0 Å². The first-order valence-electron chi connectivity index (χ1n) is 2.65. The Hall–Kier alpha value is -1.39. The molecule has 0 bridgehead atoms. The van der Waals surface area contributed by atoms with Gasteiger partial charge in [0.2, 0.25) is 6.41 Å². The average molecular weight is 143 g/mol. The Bertz CT molecular complexity index is 174. The molecule has 5 heteroatoms. The summed E-state index contributed by atoms with van der Waals surface area (Å²) >= 11 is 0. The molecule has 0 aliphatic heterocycles. The summed E-state index contributed by atoms with van der Waals surface area (Å²) in [5.74, 6) is 0. The van der Waals surface area contributed by atoms with Crippen molar-refractivity contribution >= 4 is 17.8 Å². The van der Waals surface area contributed by atoms with Crippen LogP contribution in [0, 0.1) is 0 Å². The zero-order valence-corrected chi connectivity index (χ0v) is 5.83. The van der Waals surface area contributed by atoms with Gasteiger partial charge in [0.25, 0.3) is 0 Å². The highest BCUT2D eigenvalue weighted by atomic mass is 16.4. The molecule has 0 aliphatic carbocycles. The van der Waals surface area contributed by atoms with E-state index in [1.165, 1.54) is 0 Å². The summed E-state index contributed by atoms with van der Waals surface area (Å²) in [7, 11) is 0. The standard InChI is InChI=1S/C5H9N3O2/c1-4(5(2)8-10)7-6-3-9/h3,10H,1-2H3,(H,6,9)/b7-4-,8-5+. The first-order chi connectivity index (χ1) is 4.72. The number of hydrazone groups is 1. The van der Waals surface area contributed by atoms with E-state index >= 15 is 0 Å². The molecule has 0 rings (SSSR count). The molecule has 0 fully saturated rings. The first kappa shape index (κ1) is 8.61. The summed E-state index contributed by atoms with van der Waals surface area (Å²) in [5.41, 5.74) is 2.92. The van der Waals surface area contributed by atoms with E-state index in [-0.39, 0.29) is 0 Å². The lowest BCUT2D eigenvalue weighted by molar-refractivity contribution is -0.109. The van der Waals surface area contributed by atoms with Crippen LogP contribution in [-0.4, -0.2) is 23.0 Å². The Balaban J connectivity index is 4.05. The summed E-state index contributed by atoms with van der Waals surface area (Å²) < 4.78 is 0. The van der Waals surface area contributed by atoms with Gasteiger partial charge in [0.1, 0.15) is 0 Å². The molecule has 0 saturated carbocycles. The maximum absolute atomic E-state index is 9.70. The molecule has 5 nitrogen and oxygen atoms in total. The summed E-state index contributed by atoms with van der Waals surface area (Å²) in [6, 6.07) is 0. The van der Waals surface area contributed by atoms with E-state index in [4.69, 9.17) is 5.21 Å². The molecule has 1 amide bonds. The fourth-order valence-corrected chi connectivity index (χ4v) is 0.276. The van der Waals surface area contributed by atoms with Crippen molar-refractivity contribution < 1.29 is 10.0 Å². The van der Waals surface area contributed by atoms with Crippen molar-refractivity contribution in [2.24, 2.45) is 10.3 Å². The molecule has 0 aliphatic rings. The van der Waals surface area contributed by atoms with Gasteiger partial charge in [-0.3, -0.25) is 4.79 Å². The summed E-state index contributed by atoms with van der Waals surface area (Å²) in [6.07, 6.45) is 0.439. The minimum absolute atomic E-state index is 0.370. The van der Waals surface area contributed by atoms with Gasteiger partial charge in [-0.05, 0) is 13.8 Å². The molecule has 0 heterocycles. The number of hydrogen-bond acceptors (Lipinski definition) is 4. The monoisotopic (exact) mass is 143 g/mol. The lowest BCUT2D eigenvalue weighted by atomic mass is 10.3. The quantitative estimate of drug-likeness (QED) is 0.252. The SMILES string of the molecule is CC(=N/NC=O)/C(C)=N/O. The van der Waals surface area contributed by atoms with Gasteiger partial charge >= 0.3 is 0 Å². The Morgan fingerprint density at radius 2 is 2.10 bits per heavy atom. The maximum Gasteiger partial charge on any atom is 0.227 e. The Kier molecular flexibility index (Phi) is 3.86. The van der Waals surface area contributed by atoms with Crippen molar-refractivity contribution in [3.05, 3.63) is 0 Å². The van der Waals surface area contributed by atoms with E-state index < -0.39 is 0 Å².